The molecule has 0 spiro atoms. The van der Waals surface area contributed by atoms with Gasteiger partial charge in [-0.15, -0.1) is 0 Å². The normalized spacial score (nSPS) is 10.8. The van der Waals surface area contributed by atoms with Gasteiger partial charge >= 0.3 is 0 Å². The van der Waals surface area contributed by atoms with Gasteiger partial charge in [0.05, 0.1) is 13.2 Å². The van der Waals surface area contributed by atoms with Crippen LogP contribution in [0.25, 0.3) is 0 Å². The minimum atomic E-state index is -0.482. The molecule has 0 radical (unpaired) electrons. The largest absolute Gasteiger partial charge is 0.494 e. The Morgan fingerprint density at radius 2 is 1.74 bits per heavy atom. The van der Waals surface area contributed by atoms with Crippen molar-refractivity contribution in [3.63, 3.8) is 0 Å². The van der Waals surface area contributed by atoms with E-state index in [9.17, 15) is 4.79 Å². The summed E-state index contributed by atoms with van der Waals surface area (Å²) in [5, 5.41) is 8.32. The molecular formula is C24H20Cl3N3O4. The lowest BCUT2D eigenvalue weighted by molar-refractivity contribution is 0.0992. The predicted molar refractivity (Wildman–Crippen MR) is 131 cm³/mol. The van der Waals surface area contributed by atoms with Gasteiger partial charge < -0.3 is 19.2 Å². The lowest BCUT2D eigenvalue weighted by Gasteiger charge is -2.06. The molecule has 10 heteroatoms. The molecule has 7 nitrogen and oxygen atoms in total. The predicted octanol–water partition coefficient (Wildman–Crippen LogP) is 6.71. The summed E-state index contributed by atoms with van der Waals surface area (Å²) in [6.45, 7) is 3.05. The molecule has 2 heterocycles. The van der Waals surface area contributed by atoms with Gasteiger partial charge in [-0.25, -0.2) is 0 Å². The van der Waals surface area contributed by atoms with Crippen molar-refractivity contribution in [3.05, 3.63) is 92.9 Å². The minimum absolute atomic E-state index is 0.108. The number of halogens is 3. The zero-order valence-electron chi connectivity index (χ0n) is 18.1. The van der Waals surface area contributed by atoms with E-state index in [1.165, 1.54) is 0 Å². The van der Waals surface area contributed by atoms with Gasteiger partial charge in [-0.05, 0) is 61.0 Å². The molecule has 0 saturated carbocycles. The minimum Gasteiger partial charge on any atom is -0.494 e. The Morgan fingerprint density at radius 3 is 2.44 bits per heavy atom. The Morgan fingerprint density at radius 1 is 1.00 bits per heavy atom. The monoisotopic (exact) mass is 519 g/mol. The maximum Gasteiger partial charge on any atom is 0.292 e. The molecule has 0 atom stereocenters. The molecule has 176 valence electrons. The number of ether oxygens (including phenoxy) is 2. The van der Waals surface area contributed by atoms with E-state index in [0.717, 1.165) is 11.3 Å². The molecule has 0 bridgehead atoms. The first-order chi connectivity index (χ1) is 16.4. The van der Waals surface area contributed by atoms with Gasteiger partial charge in [-0.3, -0.25) is 9.48 Å². The summed E-state index contributed by atoms with van der Waals surface area (Å²) < 4.78 is 18.3. The number of furan rings is 1. The van der Waals surface area contributed by atoms with Crippen molar-refractivity contribution in [2.75, 3.05) is 11.9 Å². The second kappa shape index (κ2) is 10.9. The van der Waals surface area contributed by atoms with Crippen molar-refractivity contribution in [1.29, 1.82) is 0 Å². The number of carbonyl (C=O) groups is 1. The third-order valence-corrected chi connectivity index (χ3v) is 5.56. The number of aromatic nitrogens is 2. The van der Waals surface area contributed by atoms with Crippen LogP contribution >= 0.6 is 34.8 Å². The first-order valence-corrected chi connectivity index (χ1v) is 11.5. The maximum atomic E-state index is 12.6. The van der Waals surface area contributed by atoms with E-state index in [-0.39, 0.29) is 23.2 Å². The van der Waals surface area contributed by atoms with E-state index < -0.39 is 5.91 Å². The van der Waals surface area contributed by atoms with Gasteiger partial charge in [-0.1, -0.05) is 40.9 Å². The molecule has 2 aromatic heterocycles. The van der Waals surface area contributed by atoms with Crippen LogP contribution in [0.4, 0.5) is 5.82 Å². The van der Waals surface area contributed by atoms with Gasteiger partial charge in [0.15, 0.2) is 11.6 Å². The summed E-state index contributed by atoms with van der Waals surface area (Å²) >= 11 is 18.4. The van der Waals surface area contributed by atoms with Gasteiger partial charge in [0.2, 0.25) is 0 Å². The molecule has 4 rings (SSSR count). The second-order valence-electron chi connectivity index (χ2n) is 7.17. The maximum absolute atomic E-state index is 12.6. The molecule has 0 aliphatic heterocycles. The van der Waals surface area contributed by atoms with Crippen LogP contribution in [0.2, 0.25) is 15.1 Å². The highest BCUT2D eigenvalue weighted by molar-refractivity contribution is 6.35. The van der Waals surface area contributed by atoms with E-state index >= 15 is 0 Å². The smallest absolute Gasteiger partial charge is 0.292 e. The number of nitrogens with one attached hydrogen (secondary N) is 1. The van der Waals surface area contributed by atoms with Crippen molar-refractivity contribution in [2.45, 2.75) is 20.1 Å². The topological polar surface area (TPSA) is 78.5 Å². The molecule has 34 heavy (non-hydrogen) atoms. The van der Waals surface area contributed by atoms with E-state index in [4.69, 9.17) is 48.7 Å². The molecule has 1 N–H and O–H groups in total. The van der Waals surface area contributed by atoms with Crippen LogP contribution in [0.5, 0.6) is 11.5 Å². The first kappa shape index (κ1) is 24.0. The third-order valence-electron chi connectivity index (χ3n) is 4.70. The van der Waals surface area contributed by atoms with E-state index in [1.54, 1.807) is 53.3 Å². The molecular weight excluding hydrogens is 501 g/mol. The summed E-state index contributed by atoms with van der Waals surface area (Å²) in [5.41, 5.74) is 0.811. The Kier molecular flexibility index (Phi) is 7.67. The molecule has 1 amide bonds. The number of hydrogen-bond donors (Lipinski definition) is 1. The van der Waals surface area contributed by atoms with E-state index in [0.29, 0.717) is 34.7 Å². The third kappa shape index (κ3) is 6.05. The number of benzene rings is 2. The van der Waals surface area contributed by atoms with Crippen molar-refractivity contribution in [1.82, 2.24) is 9.78 Å². The molecule has 0 saturated heterocycles. The average molecular weight is 521 g/mol. The quantitative estimate of drug-likeness (QED) is 0.265. The number of amides is 1. The summed E-state index contributed by atoms with van der Waals surface area (Å²) in [6.07, 6.45) is 1.60. The highest BCUT2D eigenvalue weighted by Gasteiger charge is 2.16. The molecule has 0 fully saturated rings. The lowest BCUT2D eigenvalue weighted by atomic mass is 10.2. The van der Waals surface area contributed by atoms with Gasteiger partial charge in [0.1, 0.15) is 28.9 Å². The fourth-order valence-electron chi connectivity index (χ4n) is 3.09. The van der Waals surface area contributed by atoms with Crippen LogP contribution in [0.1, 0.15) is 28.8 Å². The van der Waals surface area contributed by atoms with Crippen LogP contribution in [-0.4, -0.2) is 22.3 Å². The van der Waals surface area contributed by atoms with Crippen molar-refractivity contribution < 1.29 is 18.7 Å². The average Bonchev–Trinajstić information content (AvgIpc) is 3.42. The highest BCUT2D eigenvalue weighted by Crippen LogP contribution is 2.25. The standard InChI is InChI=1S/C24H20Cl3N3O4/c1-2-32-17-5-7-18(8-6-17)33-14-19-9-10-22(34-19)24(31)28-23-21(27)13-30(29-23)12-15-3-4-16(25)11-20(15)26/h3-11,13H,2,12,14H2,1H3,(H,28,29,31). The molecule has 0 aliphatic carbocycles. The number of nitrogens with zero attached hydrogens (tertiary/aromatic N) is 2. The zero-order chi connectivity index (χ0) is 24.1. The number of carbonyl (C=O) groups excluding carboxylic acids is 1. The summed E-state index contributed by atoms with van der Waals surface area (Å²) in [4.78, 5) is 12.6. The highest BCUT2D eigenvalue weighted by atomic mass is 35.5. The van der Waals surface area contributed by atoms with Crippen LogP contribution in [0, 0.1) is 0 Å². The molecule has 2 aromatic carbocycles. The Bertz CT molecular complexity index is 1290. The summed E-state index contributed by atoms with van der Waals surface area (Å²) in [5.74, 6) is 1.75. The SMILES string of the molecule is CCOc1ccc(OCc2ccc(C(=O)Nc3nn(Cc4ccc(Cl)cc4Cl)cc3Cl)o2)cc1. The molecule has 4 aromatic rings. The molecule has 0 aliphatic rings. The van der Waals surface area contributed by atoms with Crippen molar-refractivity contribution >= 4 is 46.5 Å². The second-order valence-corrected chi connectivity index (χ2v) is 8.42. The first-order valence-electron chi connectivity index (χ1n) is 10.3. The van der Waals surface area contributed by atoms with Crippen molar-refractivity contribution in [2.24, 2.45) is 0 Å². The fraction of sp³-hybridized carbons (Fsp3) is 0.167. The van der Waals surface area contributed by atoms with Crippen molar-refractivity contribution in [3.8, 4) is 11.5 Å². The number of hydrogen-bond acceptors (Lipinski definition) is 5. The Labute approximate surface area is 211 Å². The van der Waals surface area contributed by atoms with Crippen LogP contribution in [-0.2, 0) is 13.2 Å². The number of anilines is 1. The Hall–Kier alpha value is -3.13. The Balaban J connectivity index is 1.35. The fourth-order valence-corrected chi connectivity index (χ4v) is 3.75. The molecule has 0 unspecified atom stereocenters. The zero-order valence-corrected chi connectivity index (χ0v) is 20.3. The summed E-state index contributed by atoms with van der Waals surface area (Å²) in [7, 11) is 0. The number of rotatable bonds is 9. The van der Waals surface area contributed by atoms with Gasteiger partial charge in [0.25, 0.3) is 5.91 Å². The van der Waals surface area contributed by atoms with Gasteiger partial charge in [-0.2, -0.15) is 5.10 Å². The summed E-state index contributed by atoms with van der Waals surface area (Å²) in [6, 6.07) is 15.7. The van der Waals surface area contributed by atoms with E-state index in [2.05, 4.69) is 10.4 Å². The lowest BCUT2D eigenvalue weighted by Crippen LogP contribution is -2.12. The van der Waals surface area contributed by atoms with Gasteiger partial charge in [0, 0.05) is 16.2 Å². The van der Waals surface area contributed by atoms with Crippen LogP contribution in [0.3, 0.4) is 0 Å². The van der Waals surface area contributed by atoms with Crippen LogP contribution in [0.15, 0.2) is 65.2 Å². The van der Waals surface area contributed by atoms with Crippen LogP contribution < -0.4 is 14.8 Å². The van der Waals surface area contributed by atoms with E-state index in [1.807, 2.05) is 19.1 Å².